The summed E-state index contributed by atoms with van der Waals surface area (Å²) in [6.45, 7) is 3.83. The van der Waals surface area contributed by atoms with Crippen LogP contribution in [0.3, 0.4) is 0 Å². The number of hydrogen-bond donors (Lipinski definition) is 1. The minimum Gasteiger partial charge on any atom is -0.368 e. The first-order chi connectivity index (χ1) is 18.5. The molecule has 0 aliphatic carbocycles. The second-order valence-corrected chi connectivity index (χ2v) is 10.6. The molecule has 38 heavy (non-hydrogen) atoms. The number of halogens is 2. The summed E-state index contributed by atoms with van der Waals surface area (Å²) in [5.74, 6) is 1.38. The molecule has 194 valence electrons. The topological polar surface area (TPSA) is 74.2 Å². The smallest absolute Gasteiger partial charge is 0.251 e. The second kappa shape index (κ2) is 12.5. The number of piperazine rings is 1. The lowest BCUT2D eigenvalue weighted by molar-refractivity contribution is 0.0951. The predicted octanol–water partition coefficient (Wildman–Crippen LogP) is 5.73. The van der Waals surface area contributed by atoms with Crippen LogP contribution in [0.25, 0.3) is 0 Å². The zero-order valence-electron chi connectivity index (χ0n) is 20.6. The molecule has 1 fully saturated rings. The Bertz CT molecular complexity index is 1380. The predicted molar refractivity (Wildman–Crippen MR) is 154 cm³/mol. The summed E-state index contributed by atoms with van der Waals surface area (Å²) < 4.78 is 0. The summed E-state index contributed by atoms with van der Waals surface area (Å²) in [5.41, 5.74) is 3.77. The molecule has 0 radical (unpaired) electrons. The van der Waals surface area contributed by atoms with Crippen molar-refractivity contribution in [1.82, 2.24) is 20.3 Å². The minimum absolute atomic E-state index is 0.119. The molecule has 0 bridgehead atoms. The van der Waals surface area contributed by atoms with Crippen LogP contribution in [0.4, 0.5) is 11.5 Å². The molecule has 1 aliphatic rings. The van der Waals surface area contributed by atoms with Crippen LogP contribution in [0.2, 0.25) is 10.2 Å². The molecule has 1 aliphatic heterocycles. The summed E-state index contributed by atoms with van der Waals surface area (Å²) in [5, 5.41) is 4.72. The van der Waals surface area contributed by atoms with E-state index in [1.165, 1.54) is 11.8 Å². The van der Waals surface area contributed by atoms with Gasteiger partial charge in [0.25, 0.3) is 5.91 Å². The molecule has 7 nitrogen and oxygen atoms in total. The molecule has 1 amide bonds. The quantitative estimate of drug-likeness (QED) is 0.166. The number of anilines is 2. The number of carbonyl (C=O) groups is 1. The number of hydrogen-bond acceptors (Lipinski definition) is 7. The molecule has 0 unspecified atom stereocenters. The van der Waals surface area contributed by atoms with Crippen molar-refractivity contribution in [3.8, 4) is 0 Å². The third-order valence-electron chi connectivity index (χ3n) is 6.20. The third-order valence-corrected chi connectivity index (χ3v) is 7.54. The standard InChI is InChI=1S/C28H26Cl2N6OS/c29-23-4-1-5-24(15-23)35-11-13-36(14-12-35)26-16-25(30)33-28(34-26)38-19-20-6-8-22(9-7-20)27(37)32-18-21-3-2-10-31-17-21/h1-10,15-17H,11-14,18-19H2,(H,32,37). The van der Waals surface area contributed by atoms with E-state index in [1.807, 2.05) is 60.7 Å². The Labute approximate surface area is 236 Å². The van der Waals surface area contributed by atoms with Crippen LogP contribution in [-0.2, 0) is 12.3 Å². The zero-order chi connectivity index (χ0) is 26.3. The second-order valence-electron chi connectivity index (χ2n) is 8.81. The molecule has 0 spiro atoms. The number of nitrogens with zero attached hydrogens (tertiary/aromatic N) is 5. The van der Waals surface area contributed by atoms with E-state index in [2.05, 4.69) is 31.2 Å². The summed E-state index contributed by atoms with van der Waals surface area (Å²) in [6, 6.07) is 21.1. The van der Waals surface area contributed by atoms with Gasteiger partial charge >= 0.3 is 0 Å². The monoisotopic (exact) mass is 564 g/mol. The fraction of sp³-hybridized carbons (Fsp3) is 0.214. The number of carbonyl (C=O) groups excluding carboxylic acids is 1. The first-order valence-electron chi connectivity index (χ1n) is 12.2. The van der Waals surface area contributed by atoms with Crippen molar-refractivity contribution in [1.29, 1.82) is 0 Å². The van der Waals surface area contributed by atoms with Crippen molar-refractivity contribution in [3.05, 3.63) is 106 Å². The maximum Gasteiger partial charge on any atom is 0.251 e. The number of amides is 1. The molecule has 5 rings (SSSR count). The average Bonchev–Trinajstić information content (AvgIpc) is 2.95. The van der Waals surface area contributed by atoms with Gasteiger partial charge in [0.1, 0.15) is 11.0 Å². The van der Waals surface area contributed by atoms with Crippen LogP contribution in [0.1, 0.15) is 21.5 Å². The first kappa shape index (κ1) is 26.3. The van der Waals surface area contributed by atoms with Crippen LogP contribution in [0.15, 0.2) is 84.3 Å². The Hall–Kier alpha value is -3.33. The van der Waals surface area contributed by atoms with E-state index in [0.29, 0.717) is 28.2 Å². The van der Waals surface area contributed by atoms with Gasteiger partial charge in [-0.15, -0.1) is 0 Å². The third kappa shape index (κ3) is 6.95. The molecule has 1 N–H and O–H groups in total. The highest BCUT2D eigenvalue weighted by molar-refractivity contribution is 7.98. The fourth-order valence-corrected chi connectivity index (χ4v) is 5.39. The number of aromatic nitrogens is 3. The molecular weight excluding hydrogens is 539 g/mol. The Morgan fingerprint density at radius 1 is 0.895 bits per heavy atom. The summed E-state index contributed by atoms with van der Waals surface area (Å²) in [6.07, 6.45) is 3.45. The maximum atomic E-state index is 12.5. The molecular formula is C28H26Cl2N6OS. The summed E-state index contributed by atoms with van der Waals surface area (Å²) >= 11 is 14.0. The number of pyridine rings is 1. The molecule has 0 atom stereocenters. The van der Waals surface area contributed by atoms with Crippen LogP contribution >= 0.6 is 35.0 Å². The van der Waals surface area contributed by atoms with Gasteiger partial charge in [-0.2, -0.15) is 0 Å². The van der Waals surface area contributed by atoms with Crippen LogP contribution < -0.4 is 15.1 Å². The SMILES string of the molecule is O=C(NCc1cccnc1)c1ccc(CSc2nc(Cl)cc(N3CCN(c4cccc(Cl)c4)CC3)n2)cc1. The molecule has 2 aromatic heterocycles. The number of nitrogens with one attached hydrogen (secondary N) is 1. The highest BCUT2D eigenvalue weighted by Crippen LogP contribution is 2.27. The lowest BCUT2D eigenvalue weighted by Gasteiger charge is -2.36. The van der Waals surface area contributed by atoms with Gasteiger partial charge in [0.15, 0.2) is 5.16 Å². The van der Waals surface area contributed by atoms with E-state index < -0.39 is 0 Å². The number of thioether (sulfide) groups is 1. The van der Waals surface area contributed by atoms with Crippen molar-refractivity contribution in [2.75, 3.05) is 36.0 Å². The average molecular weight is 566 g/mol. The zero-order valence-corrected chi connectivity index (χ0v) is 22.9. The molecule has 0 saturated carbocycles. The van der Waals surface area contributed by atoms with Crippen LogP contribution in [0, 0.1) is 0 Å². The maximum absolute atomic E-state index is 12.5. The lowest BCUT2D eigenvalue weighted by atomic mass is 10.1. The Morgan fingerprint density at radius 2 is 1.68 bits per heavy atom. The van der Waals surface area contributed by atoms with Crippen molar-refractivity contribution in [2.24, 2.45) is 0 Å². The largest absolute Gasteiger partial charge is 0.368 e. The molecule has 1 saturated heterocycles. The van der Waals surface area contributed by atoms with Crippen molar-refractivity contribution in [2.45, 2.75) is 17.5 Å². The normalized spacial score (nSPS) is 13.4. The number of benzene rings is 2. The van der Waals surface area contributed by atoms with Gasteiger partial charge in [0.2, 0.25) is 0 Å². The Kier molecular flexibility index (Phi) is 8.63. The van der Waals surface area contributed by atoms with Crippen LogP contribution in [0.5, 0.6) is 0 Å². The van der Waals surface area contributed by atoms with E-state index in [4.69, 9.17) is 28.2 Å². The van der Waals surface area contributed by atoms with Gasteiger partial charge < -0.3 is 15.1 Å². The van der Waals surface area contributed by atoms with Gasteiger partial charge in [-0.3, -0.25) is 9.78 Å². The molecule has 4 aromatic rings. The lowest BCUT2D eigenvalue weighted by Crippen LogP contribution is -2.46. The highest BCUT2D eigenvalue weighted by atomic mass is 35.5. The van der Waals surface area contributed by atoms with Gasteiger partial charge in [0, 0.05) is 73.2 Å². The highest BCUT2D eigenvalue weighted by Gasteiger charge is 2.20. The van der Waals surface area contributed by atoms with Gasteiger partial charge in [-0.05, 0) is 47.5 Å². The van der Waals surface area contributed by atoms with Gasteiger partial charge in [-0.25, -0.2) is 9.97 Å². The Morgan fingerprint density at radius 3 is 2.42 bits per heavy atom. The summed E-state index contributed by atoms with van der Waals surface area (Å²) in [7, 11) is 0. The first-order valence-corrected chi connectivity index (χ1v) is 14.0. The number of rotatable bonds is 8. The van der Waals surface area contributed by atoms with Gasteiger partial charge in [0.05, 0.1) is 0 Å². The fourth-order valence-electron chi connectivity index (χ4n) is 4.17. The minimum atomic E-state index is -0.119. The van der Waals surface area contributed by atoms with E-state index >= 15 is 0 Å². The summed E-state index contributed by atoms with van der Waals surface area (Å²) in [4.78, 5) is 30.3. The van der Waals surface area contributed by atoms with E-state index in [1.54, 1.807) is 12.4 Å². The Balaban J connectivity index is 1.15. The molecule has 3 heterocycles. The molecule has 2 aromatic carbocycles. The van der Waals surface area contributed by atoms with E-state index in [9.17, 15) is 4.79 Å². The molecule has 10 heteroatoms. The van der Waals surface area contributed by atoms with Crippen LogP contribution in [-0.4, -0.2) is 47.0 Å². The van der Waals surface area contributed by atoms with Crippen molar-refractivity contribution >= 4 is 52.4 Å². The van der Waals surface area contributed by atoms with Crippen molar-refractivity contribution in [3.63, 3.8) is 0 Å². The van der Waals surface area contributed by atoms with E-state index in [-0.39, 0.29) is 5.91 Å². The van der Waals surface area contributed by atoms with Gasteiger partial charge in [-0.1, -0.05) is 59.2 Å². The van der Waals surface area contributed by atoms with E-state index in [0.717, 1.165) is 53.8 Å². The van der Waals surface area contributed by atoms with Crippen molar-refractivity contribution < 1.29 is 4.79 Å².